The molecule has 0 aromatic carbocycles. The van der Waals surface area contributed by atoms with Crippen molar-refractivity contribution in [2.45, 2.75) is 12.5 Å². The average molecular weight is 275 g/mol. The molecular weight excluding hydrogens is 262 g/mol. The van der Waals surface area contributed by atoms with Gasteiger partial charge in [0.1, 0.15) is 12.7 Å². The Hall–Kier alpha value is -2.81. The molecule has 20 heavy (non-hydrogen) atoms. The smallest absolute Gasteiger partial charge is 0.241 e. The van der Waals surface area contributed by atoms with Gasteiger partial charge in [-0.1, -0.05) is 0 Å². The number of primary amides is 1. The first-order valence-electron chi connectivity index (χ1n) is 5.72. The molecule has 0 spiro atoms. The number of pyridine rings is 1. The fourth-order valence-electron chi connectivity index (χ4n) is 1.53. The molecule has 104 valence electrons. The van der Waals surface area contributed by atoms with Gasteiger partial charge in [-0.05, 0) is 12.1 Å². The van der Waals surface area contributed by atoms with E-state index < -0.39 is 17.9 Å². The van der Waals surface area contributed by atoms with Crippen LogP contribution in [0.4, 0.5) is 5.69 Å². The van der Waals surface area contributed by atoms with Crippen molar-refractivity contribution in [1.82, 2.24) is 19.7 Å². The number of rotatable bonds is 5. The van der Waals surface area contributed by atoms with Crippen LogP contribution in [-0.4, -0.2) is 37.6 Å². The van der Waals surface area contributed by atoms with Crippen molar-refractivity contribution >= 4 is 17.5 Å². The Labute approximate surface area is 114 Å². The average Bonchev–Trinajstić information content (AvgIpc) is 2.92. The molecule has 1 atom stereocenters. The topological polar surface area (TPSA) is 142 Å². The molecule has 0 bridgehead atoms. The van der Waals surface area contributed by atoms with Crippen molar-refractivity contribution < 1.29 is 9.59 Å². The normalized spacial score (nSPS) is 11.8. The summed E-state index contributed by atoms with van der Waals surface area (Å²) in [5.74, 6) is -0.780. The van der Waals surface area contributed by atoms with Crippen LogP contribution in [0.25, 0.3) is 5.82 Å². The van der Waals surface area contributed by atoms with E-state index in [-0.39, 0.29) is 6.42 Å². The summed E-state index contributed by atoms with van der Waals surface area (Å²) >= 11 is 0. The maximum Gasteiger partial charge on any atom is 0.241 e. The van der Waals surface area contributed by atoms with Crippen molar-refractivity contribution in [2.24, 2.45) is 11.5 Å². The molecule has 1 unspecified atom stereocenters. The SMILES string of the molecule is NC(=O)CC(N)C(=O)Nc1cccnc1-n1cncn1. The van der Waals surface area contributed by atoms with Gasteiger partial charge in [-0.2, -0.15) is 5.10 Å². The summed E-state index contributed by atoms with van der Waals surface area (Å²) < 4.78 is 1.40. The zero-order valence-electron chi connectivity index (χ0n) is 10.4. The van der Waals surface area contributed by atoms with Gasteiger partial charge in [0.05, 0.1) is 18.2 Å². The number of aromatic nitrogens is 4. The van der Waals surface area contributed by atoms with E-state index in [2.05, 4.69) is 20.4 Å². The van der Waals surface area contributed by atoms with Gasteiger partial charge in [-0.25, -0.2) is 14.6 Å². The zero-order chi connectivity index (χ0) is 14.5. The molecule has 5 N–H and O–H groups in total. The minimum Gasteiger partial charge on any atom is -0.370 e. The molecule has 9 heteroatoms. The van der Waals surface area contributed by atoms with Gasteiger partial charge in [0.2, 0.25) is 11.8 Å². The van der Waals surface area contributed by atoms with Crippen molar-refractivity contribution in [1.29, 1.82) is 0 Å². The standard InChI is InChI=1S/C11H13N7O2/c12-7(4-9(13)19)11(20)17-8-2-1-3-15-10(8)18-6-14-5-16-18/h1-3,5-7H,4,12H2,(H2,13,19)(H,17,20). The largest absolute Gasteiger partial charge is 0.370 e. The molecule has 0 fully saturated rings. The van der Waals surface area contributed by atoms with Crippen LogP contribution < -0.4 is 16.8 Å². The molecule has 0 saturated heterocycles. The van der Waals surface area contributed by atoms with Crippen LogP contribution in [0.15, 0.2) is 31.0 Å². The fraction of sp³-hybridized carbons (Fsp3) is 0.182. The van der Waals surface area contributed by atoms with Crippen LogP contribution in [0, 0.1) is 0 Å². The van der Waals surface area contributed by atoms with Crippen LogP contribution in [-0.2, 0) is 9.59 Å². The monoisotopic (exact) mass is 275 g/mol. The first kappa shape index (κ1) is 13.6. The van der Waals surface area contributed by atoms with Crippen LogP contribution >= 0.6 is 0 Å². The summed E-state index contributed by atoms with van der Waals surface area (Å²) in [6, 6.07) is 2.27. The molecule has 0 aliphatic rings. The van der Waals surface area contributed by atoms with E-state index in [0.29, 0.717) is 11.5 Å². The number of anilines is 1. The molecule has 0 radical (unpaired) electrons. The molecule has 0 aliphatic heterocycles. The second kappa shape index (κ2) is 5.89. The van der Waals surface area contributed by atoms with Gasteiger partial charge in [0.25, 0.3) is 0 Å². The van der Waals surface area contributed by atoms with E-state index >= 15 is 0 Å². The van der Waals surface area contributed by atoms with E-state index in [9.17, 15) is 9.59 Å². The summed E-state index contributed by atoms with van der Waals surface area (Å²) in [7, 11) is 0. The Balaban J connectivity index is 2.18. The fourth-order valence-corrected chi connectivity index (χ4v) is 1.53. The van der Waals surface area contributed by atoms with Gasteiger partial charge < -0.3 is 16.8 Å². The molecule has 2 rings (SSSR count). The Bertz CT molecular complexity index is 611. The maximum absolute atomic E-state index is 11.9. The van der Waals surface area contributed by atoms with E-state index in [0.717, 1.165) is 0 Å². The van der Waals surface area contributed by atoms with Crippen LogP contribution in [0.5, 0.6) is 0 Å². The Kier molecular flexibility index (Phi) is 4.01. The van der Waals surface area contributed by atoms with Crippen LogP contribution in [0.2, 0.25) is 0 Å². The summed E-state index contributed by atoms with van der Waals surface area (Å²) in [5, 5.41) is 6.52. The number of nitrogens with one attached hydrogen (secondary N) is 1. The number of carbonyl (C=O) groups excluding carboxylic acids is 2. The maximum atomic E-state index is 11.9. The van der Waals surface area contributed by atoms with Crippen molar-refractivity contribution in [3.63, 3.8) is 0 Å². The van der Waals surface area contributed by atoms with E-state index in [1.165, 1.54) is 17.3 Å². The minimum absolute atomic E-state index is 0.231. The van der Waals surface area contributed by atoms with Gasteiger partial charge in [-0.3, -0.25) is 9.59 Å². The van der Waals surface area contributed by atoms with E-state index in [4.69, 9.17) is 11.5 Å². The second-order valence-corrected chi connectivity index (χ2v) is 3.98. The molecular formula is C11H13N7O2. The van der Waals surface area contributed by atoms with Crippen molar-refractivity contribution in [3.05, 3.63) is 31.0 Å². The number of nitrogens with zero attached hydrogens (tertiary/aromatic N) is 4. The van der Waals surface area contributed by atoms with Crippen molar-refractivity contribution in [3.8, 4) is 5.82 Å². The molecule has 0 saturated carbocycles. The highest BCUT2D eigenvalue weighted by Crippen LogP contribution is 2.15. The first-order valence-corrected chi connectivity index (χ1v) is 5.72. The van der Waals surface area contributed by atoms with Gasteiger partial charge in [-0.15, -0.1) is 0 Å². The summed E-state index contributed by atoms with van der Waals surface area (Å²) in [5.41, 5.74) is 11.0. The van der Waals surface area contributed by atoms with Crippen LogP contribution in [0.3, 0.4) is 0 Å². The minimum atomic E-state index is -1.02. The lowest BCUT2D eigenvalue weighted by Gasteiger charge is -2.12. The first-order chi connectivity index (χ1) is 9.58. The predicted molar refractivity (Wildman–Crippen MR) is 69.6 cm³/mol. The molecule has 9 nitrogen and oxygen atoms in total. The van der Waals surface area contributed by atoms with E-state index in [1.54, 1.807) is 18.3 Å². The molecule has 2 aromatic heterocycles. The summed E-state index contributed by atoms with van der Waals surface area (Å²) in [4.78, 5) is 30.5. The third-order valence-corrected chi connectivity index (χ3v) is 2.44. The molecule has 2 amide bonds. The van der Waals surface area contributed by atoms with Crippen molar-refractivity contribution in [2.75, 3.05) is 5.32 Å². The number of hydrogen-bond acceptors (Lipinski definition) is 6. The number of nitrogens with two attached hydrogens (primary N) is 2. The molecule has 2 aromatic rings. The lowest BCUT2D eigenvalue weighted by atomic mass is 10.2. The number of carbonyl (C=O) groups is 2. The number of hydrogen-bond donors (Lipinski definition) is 3. The lowest BCUT2D eigenvalue weighted by Crippen LogP contribution is -2.39. The van der Waals surface area contributed by atoms with Gasteiger partial charge in [0.15, 0.2) is 5.82 Å². The Morgan fingerprint density at radius 1 is 1.45 bits per heavy atom. The van der Waals surface area contributed by atoms with Gasteiger partial charge >= 0.3 is 0 Å². The third kappa shape index (κ3) is 3.14. The highest BCUT2D eigenvalue weighted by molar-refractivity contribution is 5.98. The lowest BCUT2D eigenvalue weighted by molar-refractivity contribution is -0.123. The van der Waals surface area contributed by atoms with E-state index in [1.807, 2.05) is 0 Å². The van der Waals surface area contributed by atoms with Crippen LogP contribution in [0.1, 0.15) is 6.42 Å². The summed E-state index contributed by atoms with van der Waals surface area (Å²) in [6.07, 6.45) is 4.11. The quantitative estimate of drug-likeness (QED) is 0.626. The zero-order valence-corrected chi connectivity index (χ0v) is 10.4. The highest BCUT2D eigenvalue weighted by Gasteiger charge is 2.18. The Morgan fingerprint density at radius 3 is 2.90 bits per heavy atom. The molecule has 0 aliphatic carbocycles. The number of amides is 2. The van der Waals surface area contributed by atoms with Gasteiger partial charge in [0, 0.05) is 6.20 Å². The highest BCUT2D eigenvalue weighted by atomic mass is 16.2. The Morgan fingerprint density at radius 2 is 2.25 bits per heavy atom. The third-order valence-electron chi connectivity index (χ3n) is 2.44. The second-order valence-electron chi connectivity index (χ2n) is 3.98. The molecule has 2 heterocycles. The predicted octanol–water partition coefficient (Wildman–Crippen LogP) is -1.20. The summed E-state index contributed by atoms with van der Waals surface area (Å²) in [6.45, 7) is 0.